The summed E-state index contributed by atoms with van der Waals surface area (Å²) in [6.45, 7) is 3.80. The molecule has 28 heavy (non-hydrogen) atoms. The molecule has 0 aliphatic carbocycles. The average Bonchev–Trinajstić information content (AvgIpc) is 2.92. The van der Waals surface area contributed by atoms with Crippen molar-refractivity contribution in [3.63, 3.8) is 0 Å². The van der Waals surface area contributed by atoms with Crippen LogP contribution in [0.5, 0.6) is 0 Å². The molecule has 1 amide bonds. The number of carbonyl (C=O) groups is 1. The van der Waals surface area contributed by atoms with Crippen LogP contribution in [0.15, 0.2) is 84.3 Å². The average molecular weight is 542 g/mol. The van der Waals surface area contributed by atoms with E-state index < -0.39 is 10.0 Å². The number of benzene rings is 2. The van der Waals surface area contributed by atoms with Gasteiger partial charge in [-0.15, -0.1) is 11.0 Å². The third-order valence-electron chi connectivity index (χ3n) is 3.68. The number of halogens is 2. The first-order valence-electron chi connectivity index (χ1n) is 7.98. The molecule has 1 saturated heterocycles. The number of rotatable bonds is 5. The van der Waals surface area contributed by atoms with Crippen LogP contribution in [0.2, 0.25) is 0 Å². The van der Waals surface area contributed by atoms with Gasteiger partial charge in [0, 0.05) is 15.5 Å². The van der Waals surface area contributed by atoms with Gasteiger partial charge in [0.25, 0.3) is 15.9 Å². The number of carbonyl (C=O) groups excluding carboxylic acids is 1. The maximum Gasteiger partial charge on any atom is 0.284 e. The Balaban J connectivity index is 1.98. The van der Waals surface area contributed by atoms with Crippen molar-refractivity contribution in [3.8, 4) is 0 Å². The molecule has 3 rings (SSSR count). The smallest absolute Gasteiger partial charge is 0.282 e. The van der Waals surface area contributed by atoms with E-state index in [2.05, 4.69) is 42.8 Å². The third kappa shape index (κ3) is 4.83. The molecule has 0 atom stereocenters. The summed E-state index contributed by atoms with van der Waals surface area (Å²) in [5, 5.41) is 0.108. The normalized spacial score (nSPS) is 17.5. The second-order valence-corrected chi connectivity index (χ2v) is 10.1. The largest absolute Gasteiger partial charge is 0.284 e. The second-order valence-electron chi connectivity index (χ2n) is 5.67. The summed E-state index contributed by atoms with van der Waals surface area (Å²) in [5.74, 6) is -0.308. The van der Waals surface area contributed by atoms with Gasteiger partial charge in [-0.05, 0) is 59.8 Å². The van der Waals surface area contributed by atoms with Crippen molar-refractivity contribution < 1.29 is 13.2 Å². The number of amidine groups is 1. The van der Waals surface area contributed by atoms with E-state index in [1.165, 1.54) is 23.1 Å². The molecule has 9 heteroatoms. The summed E-state index contributed by atoms with van der Waals surface area (Å²) >= 11 is 7.67. The summed E-state index contributed by atoms with van der Waals surface area (Å²) < 4.78 is 30.9. The van der Waals surface area contributed by atoms with Crippen LogP contribution in [0.4, 0.5) is 0 Å². The van der Waals surface area contributed by atoms with Gasteiger partial charge in [0.05, 0.1) is 9.80 Å². The third-order valence-corrected chi connectivity index (χ3v) is 7.14. The van der Waals surface area contributed by atoms with E-state index in [0.717, 1.165) is 26.3 Å². The second kappa shape index (κ2) is 8.77. The van der Waals surface area contributed by atoms with Crippen LogP contribution in [0.1, 0.15) is 5.56 Å². The molecule has 1 fully saturated rings. The highest BCUT2D eigenvalue weighted by atomic mass is 79.9. The van der Waals surface area contributed by atoms with Gasteiger partial charge in [0.15, 0.2) is 5.17 Å². The molecule has 0 radical (unpaired) electrons. The van der Waals surface area contributed by atoms with E-state index in [4.69, 9.17) is 0 Å². The minimum Gasteiger partial charge on any atom is -0.282 e. The summed E-state index contributed by atoms with van der Waals surface area (Å²) in [6.07, 6.45) is 3.24. The first-order chi connectivity index (χ1) is 13.3. The predicted molar refractivity (Wildman–Crippen MR) is 120 cm³/mol. The summed E-state index contributed by atoms with van der Waals surface area (Å²) in [7, 11) is -3.95. The molecule has 0 N–H and O–H groups in total. The monoisotopic (exact) mass is 540 g/mol. The standard InChI is InChI=1S/C19H14Br2N2O3S2/c1-2-11-23-18(24)17(12-13-3-5-14(20)6-4-13)27-19(23)22-28(25,26)16-9-7-15(21)8-10-16/h2-10,12H,1,11H2/b17-12-,22-19?. The molecule has 1 aliphatic rings. The van der Waals surface area contributed by atoms with E-state index >= 15 is 0 Å². The molecule has 1 aliphatic heterocycles. The number of amides is 1. The van der Waals surface area contributed by atoms with Gasteiger partial charge < -0.3 is 0 Å². The van der Waals surface area contributed by atoms with Gasteiger partial charge in [-0.2, -0.15) is 8.42 Å². The van der Waals surface area contributed by atoms with Gasteiger partial charge in [-0.1, -0.05) is 50.1 Å². The quantitative estimate of drug-likeness (QED) is 0.392. The van der Waals surface area contributed by atoms with Crippen LogP contribution in [0.25, 0.3) is 6.08 Å². The van der Waals surface area contributed by atoms with Gasteiger partial charge >= 0.3 is 0 Å². The Hall–Kier alpha value is -1.68. The minimum atomic E-state index is -3.95. The number of thioether (sulfide) groups is 1. The van der Waals surface area contributed by atoms with Gasteiger partial charge in [0.2, 0.25) is 0 Å². The highest BCUT2D eigenvalue weighted by Gasteiger charge is 2.34. The van der Waals surface area contributed by atoms with E-state index in [0.29, 0.717) is 4.91 Å². The number of hydrogen-bond donors (Lipinski definition) is 0. The number of sulfonamides is 1. The highest BCUT2D eigenvalue weighted by Crippen LogP contribution is 2.34. The lowest BCUT2D eigenvalue weighted by molar-refractivity contribution is -0.121. The molecule has 5 nitrogen and oxygen atoms in total. The molecular formula is C19H14Br2N2O3S2. The zero-order valence-electron chi connectivity index (χ0n) is 14.4. The lowest BCUT2D eigenvalue weighted by Crippen LogP contribution is -2.29. The Bertz CT molecular complexity index is 1080. The lowest BCUT2D eigenvalue weighted by Gasteiger charge is -2.12. The van der Waals surface area contributed by atoms with Gasteiger partial charge in [0.1, 0.15) is 0 Å². The Morgan fingerprint density at radius 2 is 1.61 bits per heavy atom. The predicted octanol–water partition coefficient (Wildman–Crippen LogP) is 5.06. The number of hydrogen-bond acceptors (Lipinski definition) is 4. The van der Waals surface area contributed by atoms with Crippen LogP contribution < -0.4 is 0 Å². The minimum absolute atomic E-state index is 0.0557. The summed E-state index contributed by atoms with van der Waals surface area (Å²) in [5.41, 5.74) is 0.828. The molecule has 2 aromatic rings. The van der Waals surface area contributed by atoms with Gasteiger partial charge in [-0.25, -0.2) is 0 Å². The topological polar surface area (TPSA) is 66.8 Å². The Labute approximate surface area is 184 Å². The van der Waals surface area contributed by atoms with Crippen LogP contribution >= 0.6 is 43.6 Å². The van der Waals surface area contributed by atoms with Crippen molar-refractivity contribution in [1.82, 2.24) is 4.90 Å². The maximum atomic E-state index is 12.7. The zero-order chi connectivity index (χ0) is 20.3. The molecule has 144 valence electrons. The van der Waals surface area contributed by atoms with Crippen LogP contribution in [-0.2, 0) is 14.8 Å². The first kappa shape index (κ1) is 21.0. The number of nitrogens with zero attached hydrogens (tertiary/aromatic N) is 2. The van der Waals surface area contributed by atoms with Crippen LogP contribution in [0.3, 0.4) is 0 Å². The molecule has 0 saturated carbocycles. The van der Waals surface area contributed by atoms with Crippen molar-refractivity contribution in [1.29, 1.82) is 0 Å². The highest BCUT2D eigenvalue weighted by molar-refractivity contribution is 9.10. The summed E-state index contributed by atoms with van der Waals surface area (Å²) in [6, 6.07) is 13.6. The molecule has 1 heterocycles. The fourth-order valence-electron chi connectivity index (χ4n) is 2.34. The van der Waals surface area contributed by atoms with Gasteiger partial charge in [-0.3, -0.25) is 9.69 Å². The van der Waals surface area contributed by atoms with E-state index in [1.807, 2.05) is 24.3 Å². The van der Waals surface area contributed by atoms with Crippen molar-refractivity contribution in [2.45, 2.75) is 4.90 Å². The lowest BCUT2D eigenvalue weighted by atomic mass is 10.2. The van der Waals surface area contributed by atoms with Crippen molar-refractivity contribution >= 4 is 70.8 Å². The van der Waals surface area contributed by atoms with Crippen LogP contribution in [-0.4, -0.2) is 30.9 Å². The molecule has 0 unspecified atom stereocenters. The molecule has 0 aromatic heterocycles. The fourth-order valence-corrected chi connectivity index (χ4v) is 5.06. The molecule has 0 bridgehead atoms. The molecular weight excluding hydrogens is 528 g/mol. The van der Waals surface area contributed by atoms with E-state index in [1.54, 1.807) is 18.2 Å². The Morgan fingerprint density at radius 1 is 1.04 bits per heavy atom. The van der Waals surface area contributed by atoms with E-state index in [-0.39, 0.29) is 22.5 Å². The van der Waals surface area contributed by atoms with Crippen molar-refractivity contribution in [2.75, 3.05) is 6.54 Å². The van der Waals surface area contributed by atoms with E-state index in [9.17, 15) is 13.2 Å². The Morgan fingerprint density at radius 3 is 2.18 bits per heavy atom. The van der Waals surface area contributed by atoms with Crippen molar-refractivity contribution in [3.05, 3.63) is 80.6 Å². The molecule has 2 aromatic carbocycles. The SMILES string of the molecule is C=CCN1C(=O)/C(=C/c2ccc(Br)cc2)SC1=NS(=O)(=O)c1ccc(Br)cc1. The first-order valence-corrected chi connectivity index (χ1v) is 11.8. The van der Waals surface area contributed by atoms with Crippen LogP contribution in [0, 0.1) is 0 Å². The Kier molecular flexibility index (Phi) is 6.59. The fraction of sp³-hybridized carbons (Fsp3) is 0.0526. The molecule has 0 spiro atoms. The van der Waals surface area contributed by atoms with Crippen molar-refractivity contribution in [2.24, 2.45) is 4.40 Å². The maximum absolute atomic E-state index is 12.7. The zero-order valence-corrected chi connectivity index (χ0v) is 19.2. The summed E-state index contributed by atoms with van der Waals surface area (Å²) in [4.78, 5) is 14.5.